The molecule has 0 aromatic rings. The van der Waals surface area contributed by atoms with Crippen molar-refractivity contribution in [2.24, 2.45) is 17.6 Å². The lowest BCUT2D eigenvalue weighted by Gasteiger charge is -2.34. The standard InChI is InChI=1S/C7H12F3N/c8-7(9,10)6(4-11)5-2-1-3-5/h5-6H,1-4,11H2. The van der Waals surface area contributed by atoms with Gasteiger partial charge in [-0.25, -0.2) is 0 Å². The Hall–Kier alpha value is -0.250. The second-order valence-electron chi connectivity index (χ2n) is 3.07. The predicted octanol–water partition coefficient (Wildman–Crippen LogP) is 1.92. The van der Waals surface area contributed by atoms with E-state index in [2.05, 4.69) is 0 Å². The van der Waals surface area contributed by atoms with Crippen LogP contribution in [0, 0.1) is 11.8 Å². The van der Waals surface area contributed by atoms with Crippen molar-refractivity contribution in [3.8, 4) is 0 Å². The second-order valence-corrected chi connectivity index (χ2v) is 3.07. The number of nitrogens with two attached hydrogens (primary N) is 1. The van der Waals surface area contributed by atoms with Crippen molar-refractivity contribution < 1.29 is 13.2 Å². The molecule has 0 aromatic heterocycles. The van der Waals surface area contributed by atoms with Gasteiger partial charge in [0.05, 0.1) is 5.92 Å². The van der Waals surface area contributed by atoms with Gasteiger partial charge in [-0.05, 0) is 18.8 Å². The molecule has 1 fully saturated rings. The average Bonchev–Trinajstić information content (AvgIpc) is 1.74. The molecule has 0 saturated heterocycles. The molecule has 66 valence electrons. The van der Waals surface area contributed by atoms with Crippen LogP contribution in [0.1, 0.15) is 19.3 Å². The Bertz CT molecular complexity index is 128. The quantitative estimate of drug-likeness (QED) is 0.668. The minimum atomic E-state index is -4.08. The van der Waals surface area contributed by atoms with Gasteiger partial charge in [0.2, 0.25) is 0 Å². The monoisotopic (exact) mass is 167 g/mol. The largest absolute Gasteiger partial charge is 0.393 e. The molecular formula is C7H12F3N. The van der Waals surface area contributed by atoms with E-state index in [1.165, 1.54) is 0 Å². The molecule has 1 rings (SSSR count). The van der Waals surface area contributed by atoms with Crippen LogP contribution in [-0.2, 0) is 0 Å². The first-order valence-corrected chi connectivity index (χ1v) is 3.82. The second kappa shape index (κ2) is 3.01. The molecule has 2 N–H and O–H groups in total. The van der Waals surface area contributed by atoms with Gasteiger partial charge in [-0.2, -0.15) is 13.2 Å². The summed E-state index contributed by atoms with van der Waals surface area (Å²) in [6, 6.07) is 0. The first-order valence-electron chi connectivity index (χ1n) is 3.82. The molecule has 0 heterocycles. The van der Waals surface area contributed by atoms with Crippen molar-refractivity contribution >= 4 is 0 Å². The van der Waals surface area contributed by atoms with Crippen LogP contribution in [0.2, 0.25) is 0 Å². The van der Waals surface area contributed by atoms with Crippen LogP contribution in [0.4, 0.5) is 13.2 Å². The molecule has 1 unspecified atom stereocenters. The van der Waals surface area contributed by atoms with E-state index >= 15 is 0 Å². The molecule has 1 nitrogen and oxygen atoms in total. The summed E-state index contributed by atoms with van der Waals surface area (Å²) in [7, 11) is 0. The fraction of sp³-hybridized carbons (Fsp3) is 1.00. The third-order valence-electron chi connectivity index (χ3n) is 2.39. The minimum Gasteiger partial charge on any atom is -0.330 e. The molecular weight excluding hydrogens is 155 g/mol. The molecule has 0 aromatic carbocycles. The molecule has 11 heavy (non-hydrogen) atoms. The van der Waals surface area contributed by atoms with Crippen molar-refractivity contribution in [2.45, 2.75) is 25.4 Å². The number of halogens is 3. The van der Waals surface area contributed by atoms with E-state index in [9.17, 15) is 13.2 Å². The average molecular weight is 167 g/mol. The zero-order valence-corrected chi connectivity index (χ0v) is 6.19. The van der Waals surface area contributed by atoms with Crippen LogP contribution in [0.25, 0.3) is 0 Å². The van der Waals surface area contributed by atoms with Crippen molar-refractivity contribution in [1.29, 1.82) is 0 Å². The van der Waals surface area contributed by atoms with E-state index in [0.717, 1.165) is 6.42 Å². The van der Waals surface area contributed by atoms with Gasteiger partial charge in [0.1, 0.15) is 0 Å². The Kier molecular flexibility index (Phi) is 2.42. The number of rotatable bonds is 2. The van der Waals surface area contributed by atoms with Gasteiger partial charge in [0.25, 0.3) is 0 Å². The van der Waals surface area contributed by atoms with Gasteiger partial charge in [-0.1, -0.05) is 6.42 Å². The zero-order chi connectivity index (χ0) is 8.48. The van der Waals surface area contributed by atoms with Gasteiger partial charge in [0.15, 0.2) is 0 Å². The van der Waals surface area contributed by atoms with E-state index in [0.29, 0.717) is 12.8 Å². The summed E-state index contributed by atoms with van der Waals surface area (Å²) in [5.74, 6) is -1.45. The molecule has 1 aliphatic rings. The molecule has 0 radical (unpaired) electrons. The fourth-order valence-electron chi connectivity index (χ4n) is 1.44. The first kappa shape index (κ1) is 8.84. The van der Waals surface area contributed by atoms with Crippen LogP contribution in [0.15, 0.2) is 0 Å². The fourth-order valence-corrected chi connectivity index (χ4v) is 1.44. The van der Waals surface area contributed by atoms with Crippen LogP contribution in [-0.4, -0.2) is 12.7 Å². The van der Waals surface area contributed by atoms with Crippen molar-refractivity contribution in [2.75, 3.05) is 6.54 Å². The van der Waals surface area contributed by atoms with Crippen molar-refractivity contribution in [1.82, 2.24) is 0 Å². The van der Waals surface area contributed by atoms with Gasteiger partial charge in [0, 0.05) is 6.54 Å². The van der Waals surface area contributed by atoms with E-state index < -0.39 is 12.1 Å². The lowest BCUT2D eigenvalue weighted by molar-refractivity contribution is -0.192. The van der Waals surface area contributed by atoms with E-state index in [4.69, 9.17) is 5.73 Å². The molecule has 0 spiro atoms. The number of hydrogen-bond acceptors (Lipinski definition) is 1. The Morgan fingerprint density at radius 2 is 1.91 bits per heavy atom. The highest BCUT2D eigenvalue weighted by molar-refractivity contribution is 4.82. The summed E-state index contributed by atoms with van der Waals surface area (Å²) >= 11 is 0. The molecule has 0 aliphatic heterocycles. The summed E-state index contributed by atoms with van der Waals surface area (Å²) in [5, 5.41) is 0. The zero-order valence-electron chi connectivity index (χ0n) is 6.19. The normalized spacial score (nSPS) is 22.9. The van der Waals surface area contributed by atoms with Gasteiger partial charge < -0.3 is 5.73 Å². The van der Waals surface area contributed by atoms with Crippen LogP contribution < -0.4 is 5.73 Å². The van der Waals surface area contributed by atoms with Gasteiger partial charge in [-0.3, -0.25) is 0 Å². The third kappa shape index (κ3) is 1.86. The Morgan fingerprint density at radius 3 is 2.00 bits per heavy atom. The van der Waals surface area contributed by atoms with E-state index in [-0.39, 0.29) is 12.5 Å². The Balaban J connectivity index is 2.48. The third-order valence-corrected chi connectivity index (χ3v) is 2.39. The molecule has 1 atom stereocenters. The maximum atomic E-state index is 12.1. The SMILES string of the molecule is NCC(C1CCC1)C(F)(F)F. The van der Waals surface area contributed by atoms with Crippen LogP contribution in [0.3, 0.4) is 0 Å². The number of alkyl halides is 3. The van der Waals surface area contributed by atoms with Gasteiger partial charge >= 0.3 is 6.18 Å². The smallest absolute Gasteiger partial charge is 0.330 e. The maximum Gasteiger partial charge on any atom is 0.393 e. The van der Waals surface area contributed by atoms with Crippen molar-refractivity contribution in [3.63, 3.8) is 0 Å². The molecule has 1 saturated carbocycles. The molecule has 0 amide bonds. The molecule has 1 aliphatic carbocycles. The highest BCUT2D eigenvalue weighted by atomic mass is 19.4. The number of hydrogen-bond donors (Lipinski definition) is 1. The minimum absolute atomic E-state index is 0.194. The van der Waals surface area contributed by atoms with Crippen LogP contribution in [0.5, 0.6) is 0 Å². The van der Waals surface area contributed by atoms with Crippen LogP contribution >= 0.6 is 0 Å². The predicted molar refractivity (Wildman–Crippen MR) is 35.9 cm³/mol. The Labute approximate surface area is 63.8 Å². The summed E-state index contributed by atoms with van der Waals surface area (Å²) in [6.07, 6.45) is -1.76. The lowest BCUT2D eigenvalue weighted by Crippen LogP contribution is -2.39. The van der Waals surface area contributed by atoms with Gasteiger partial charge in [-0.15, -0.1) is 0 Å². The van der Waals surface area contributed by atoms with E-state index in [1.54, 1.807) is 0 Å². The molecule has 4 heteroatoms. The highest BCUT2D eigenvalue weighted by Gasteiger charge is 2.45. The summed E-state index contributed by atoms with van der Waals surface area (Å²) in [6.45, 7) is -0.256. The summed E-state index contributed by atoms with van der Waals surface area (Å²) in [5.41, 5.74) is 5.05. The molecule has 0 bridgehead atoms. The highest BCUT2D eigenvalue weighted by Crippen LogP contribution is 2.41. The van der Waals surface area contributed by atoms with E-state index in [1.807, 2.05) is 0 Å². The summed E-state index contributed by atoms with van der Waals surface area (Å²) < 4.78 is 36.3. The summed E-state index contributed by atoms with van der Waals surface area (Å²) in [4.78, 5) is 0. The first-order chi connectivity index (χ1) is 5.05. The topological polar surface area (TPSA) is 26.0 Å². The maximum absolute atomic E-state index is 12.1. The lowest BCUT2D eigenvalue weighted by atomic mass is 9.75. The van der Waals surface area contributed by atoms with Crippen molar-refractivity contribution in [3.05, 3.63) is 0 Å². The Morgan fingerprint density at radius 1 is 1.36 bits per heavy atom.